The number of nitrogens with zero attached hydrogens (tertiary/aromatic N) is 1. The van der Waals surface area contributed by atoms with Crippen molar-refractivity contribution >= 4 is 15.9 Å². The van der Waals surface area contributed by atoms with Gasteiger partial charge < -0.3 is 9.84 Å². The number of hydrogen-bond acceptors (Lipinski definition) is 3. The van der Waals surface area contributed by atoms with Crippen LogP contribution in [0.25, 0.3) is 11.3 Å². The number of nitrogens with one attached hydrogen (secondary N) is 1. The van der Waals surface area contributed by atoms with Crippen molar-refractivity contribution in [3.05, 3.63) is 40.2 Å². The van der Waals surface area contributed by atoms with Crippen molar-refractivity contribution < 1.29 is 8.91 Å². The molecule has 0 amide bonds. The Kier molecular flexibility index (Phi) is 4.71. The topological polar surface area (TPSA) is 38.1 Å². The van der Waals surface area contributed by atoms with Crippen LogP contribution in [0, 0.1) is 11.7 Å². The van der Waals surface area contributed by atoms with Crippen molar-refractivity contribution in [2.75, 3.05) is 6.54 Å². The molecule has 5 heteroatoms. The highest BCUT2D eigenvalue weighted by molar-refractivity contribution is 9.10. The highest BCUT2D eigenvalue weighted by Gasteiger charge is 2.10. The van der Waals surface area contributed by atoms with Crippen LogP contribution in [0.5, 0.6) is 0 Å². The molecule has 0 aliphatic heterocycles. The van der Waals surface area contributed by atoms with Crippen molar-refractivity contribution in [1.82, 2.24) is 10.5 Å². The van der Waals surface area contributed by atoms with Gasteiger partial charge in [0, 0.05) is 22.6 Å². The zero-order valence-electron chi connectivity index (χ0n) is 10.9. The fourth-order valence-electron chi connectivity index (χ4n) is 1.70. The summed E-state index contributed by atoms with van der Waals surface area (Å²) in [5, 5.41) is 7.30. The van der Waals surface area contributed by atoms with Gasteiger partial charge in [0.1, 0.15) is 5.82 Å². The van der Waals surface area contributed by atoms with Crippen molar-refractivity contribution in [2.24, 2.45) is 5.92 Å². The average Bonchev–Trinajstić information content (AvgIpc) is 2.77. The van der Waals surface area contributed by atoms with Crippen LogP contribution in [0.1, 0.15) is 19.5 Å². The van der Waals surface area contributed by atoms with Crippen LogP contribution in [-0.2, 0) is 6.54 Å². The monoisotopic (exact) mass is 326 g/mol. The van der Waals surface area contributed by atoms with Crippen LogP contribution >= 0.6 is 15.9 Å². The Morgan fingerprint density at radius 2 is 2.16 bits per heavy atom. The van der Waals surface area contributed by atoms with Gasteiger partial charge in [-0.2, -0.15) is 0 Å². The van der Waals surface area contributed by atoms with E-state index in [-0.39, 0.29) is 5.82 Å². The summed E-state index contributed by atoms with van der Waals surface area (Å²) in [7, 11) is 0. The van der Waals surface area contributed by atoms with E-state index in [0.717, 1.165) is 17.8 Å². The Morgan fingerprint density at radius 3 is 2.84 bits per heavy atom. The first-order chi connectivity index (χ1) is 9.06. The normalized spacial score (nSPS) is 11.2. The maximum absolute atomic E-state index is 13.0. The Bertz CT molecular complexity index is 554. The maximum atomic E-state index is 13.0. The standard InChI is InChI=1S/C14H16BrFN2O/c1-9(2)7-17-8-11-6-14(19-18-11)12-4-3-10(16)5-13(12)15/h3-6,9,17H,7-8H2,1-2H3. The quantitative estimate of drug-likeness (QED) is 0.902. The van der Waals surface area contributed by atoms with E-state index in [1.54, 1.807) is 6.07 Å². The predicted octanol–water partition coefficient (Wildman–Crippen LogP) is 3.99. The molecular formula is C14H16BrFN2O. The average molecular weight is 327 g/mol. The summed E-state index contributed by atoms with van der Waals surface area (Å²) in [5.74, 6) is 0.944. The summed E-state index contributed by atoms with van der Waals surface area (Å²) in [6.07, 6.45) is 0. The second kappa shape index (κ2) is 6.30. The van der Waals surface area contributed by atoms with E-state index in [1.807, 2.05) is 6.07 Å². The minimum Gasteiger partial charge on any atom is -0.356 e. The first kappa shape index (κ1) is 14.2. The fourth-order valence-corrected chi connectivity index (χ4v) is 2.25. The number of benzene rings is 1. The van der Waals surface area contributed by atoms with Crippen LogP contribution in [-0.4, -0.2) is 11.7 Å². The van der Waals surface area contributed by atoms with Crippen molar-refractivity contribution in [3.8, 4) is 11.3 Å². The van der Waals surface area contributed by atoms with Gasteiger partial charge in [0.15, 0.2) is 5.76 Å². The molecule has 1 N–H and O–H groups in total. The molecule has 0 saturated carbocycles. The van der Waals surface area contributed by atoms with Crippen LogP contribution in [0.3, 0.4) is 0 Å². The summed E-state index contributed by atoms with van der Waals surface area (Å²) >= 11 is 3.32. The van der Waals surface area contributed by atoms with E-state index >= 15 is 0 Å². The van der Waals surface area contributed by atoms with Crippen LogP contribution in [0.2, 0.25) is 0 Å². The fraction of sp³-hybridized carbons (Fsp3) is 0.357. The van der Waals surface area contributed by atoms with E-state index < -0.39 is 0 Å². The zero-order valence-corrected chi connectivity index (χ0v) is 12.5. The molecule has 0 atom stereocenters. The summed E-state index contributed by atoms with van der Waals surface area (Å²) in [5.41, 5.74) is 1.64. The number of hydrogen-bond donors (Lipinski definition) is 1. The molecule has 0 spiro atoms. The lowest BCUT2D eigenvalue weighted by molar-refractivity contribution is 0.417. The van der Waals surface area contributed by atoms with Crippen molar-refractivity contribution in [2.45, 2.75) is 20.4 Å². The van der Waals surface area contributed by atoms with Gasteiger partial charge in [-0.3, -0.25) is 0 Å². The summed E-state index contributed by atoms with van der Waals surface area (Å²) in [4.78, 5) is 0. The van der Waals surface area contributed by atoms with E-state index in [4.69, 9.17) is 4.52 Å². The summed E-state index contributed by atoms with van der Waals surface area (Å²) in [6, 6.07) is 6.35. The third-order valence-electron chi connectivity index (χ3n) is 2.61. The van der Waals surface area contributed by atoms with Gasteiger partial charge >= 0.3 is 0 Å². The lowest BCUT2D eigenvalue weighted by Crippen LogP contribution is -2.18. The largest absolute Gasteiger partial charge is 0.356 e. The minimum absolute atomic E-state index is 0.283. The highest BCUT2D eigenvalue weighted by atomic mass is 79.9. The minimum atomic E-state index is -0.283. The third-order valence-corrected chi connectivity index (χ3v) is 3.27. The molecular weight excluding hydrogens is 311 g/mol. The predicted molar refractivity (Wildman–Crippen MR) is 76.1 cm³/mol. The van der Waals surface area contributed by atoms with Crippen LogP contribution in [0.4, 0.5) is 4.39 Å². The molecule has 2 rings (SSSR count). The number of aromatic nitrogens is 1. The summed E-state index contributed by atoms with van der Waals surface area (Å²) in [6.45, 7) is 5.90. The van der Waals surface area contributed by atoms with Gasteiger partial charge in [-0.15, -0.1) is 0 Å². The Balaban J connectivity index is 2.08. The molecule has 3 nitrogen and oxygen atoms in total. The van der Waals surface area contributed by atoms with E-state index in [0.29, 0.717) is 22.7 Å². The van der Waals surface area contributed by atoms with Crippen molar-refractivity contribution in [3.63, 3.8) is 0 Å². The molecule has 19 heavy (non-hydrogen) atoms. The molecule has 0 bridgehead atoms. The van der Waals surface area contributed by atoms with Gasteiger partial charge in [0.25, 0.3) is 0 Å². The first-order valence-corrected chi connectivity index (χ1v) is 6.97. The Morgan fingerprint density at radius 1 is 1.37 bits per heavy atom. The second-order valence-electron chi connectivity index (χ2n) is 4.83. The first-order valence-electron chi connectivity index (χ1n) is 6.18. The number of halogens is 2. The molecule has 1 heterocycles. The molecule has 1 aromatic carbocycles. The Hall–Kier alpha value is -1.20. The number of rotatable bonds is 5. The molecule has 0 aliphatic carbocycles. The lowest BCUT2D eigenvalue weighted by Gasteiger charge is -2.04. The van der Waals surface area contributed by atoms with E-state index in [9.17, 15) is 4.39 Å². The van der Waals surface area contributed by atoms with Gasteiger partial charge in [0.2, 0.25) is 0 Å². The highest BCUT2D eigenvalue weighted by Crippen LogP contribution is 2.29. The molecule has 0 fully saturated rings. The molecule has 0 saturated heterocycles. The van der Waals surface area contributed by atoms with E-state index in [2.05, 4.69) is 40.3 Å². The lowest BCUT2D eigenvalue weighted by atomic mass is 10.1. The smallest absolute Gasteiger partial charge is 0.168 e. The summed E-state index contributed by atoms with van der Waals surface area (Å²) < 4.78 is 19.0. The van der Waals surface area contributed by atoms with Gasteiger partial charge in [0.05, 0.1) is 5.69 Å². The maximum Gasteiger partial charge on any atom is 0.168 e. The second-order valence-corrected chi connectivity index (χ2v) is 5.69. The van der Waals surface area contributed by atoms with Crippen LogP contribution < -0.4 is 5.32 Å². The van der Waals surface area contributed by atoms with Crippen molar-refractivity contribution in [1.29, 1.82) is 0 Å². The van der Waals surface area contributed by atoms with E-state index in [1.165, 1.54) is 12.1 Å². The van der Waals surface area contributed by atoms with Gasteiger partial charge in [-0.25, -0.2) is 4.39 Å². The molecule has 0 radical (unpaired) electrons. The molecule has 2 aromatic rings. The molecule has 102 valence electrons. The molecule has 1 aromatic heterocycles. The third kappa shape index (κ3) is 3.88. The van der Waals surface area contributed by atoms with Gasteiger partial charge in [-0.1, -0.05) is 19.0 Å². The Labute approximate surface area is 120 Å². The molecule has 0 aliphatic rings. The van der Waals surface area contributed by atoms with Crippen LogP contribution in [0.15, 0.2) is 33.3 Å². The van der Waals surface area contributed by atoms with Gasteiger partial charge in [-0.05, 0) is 46.6 Å². The zero-order chi connectivity index (χ0) is 13.8. The molecule has 0 unspecified atom stereocenters. The SMILES string of the molecule is CC(C)CNCc1cc(-c2ccc(F)cc2Br)on1.